The number of ketones is 1. The molecule has 0 radical (unpaired) electrons. The summed E-state index contributed by atoms with van der Waals surface area (Å²) in [6.45, 7) is 2.33. The molecule has 0 aliphatic carbocycles. The van der Waals surface area contributed by atoms with Crippen molar-refractivity contribution in [2.75, 3.05) is 24.7 Å². The summed E-state index contributed by atoms with van der Waals surface area (Å²) in [5, 5.41) is 11.9. The van der Waals surface area contributed by atoms with Gasteiger partial charge in [0.15, 0.2) is 11.4 Å². The van der Waals surface area contributed by atoms with Crippen molar-refractivity contribution in [1.29, 1.82) is 0 Å². The van der Waals surface area contributed by atoms with Gasteiger partial charge >= 0.3 is 0 Å². The number of carbonyl (C=O) groups is 2. The second-order valence-electron chi connectivity index (χ2n) is 8.81. The van der Waals surface area contributed by atoms with Gasteiger partial charge in [0.2, 0.25) is 10.0 Å². The number of rotatable bonds is 6. The molecule has 1 aromatic carbocycles. The van der Waals surface area contributed by atoms with E-state index in [4.69, 9.17) is 5.10 Å². The highest BCUT2D eigenvalue weighted by Gasteiger charge is 2.28. The highest BCUT2D eigenvalue weighted by atomic mass is 32.2. The van der Waals surface area contributed by atoms with Crippen LogP contribution in [-0.4, -0.2) is 68.1 Å². The number of hydrogen-bond acceptors (Lipinski definition) is 7. The maximum Gasteiger partial charge on any atom is 0.262 e. The molecule has 3 aromatic heterocycles. The molecule has 0 bridgehead atoms. The Labute approximate surface area is 207 Å². The summed E-state index contributed by atoms with van der Waals surface area (Å²) in [5.41, 5.74) is 2.75. The lowest BCUT2D eigenvalue weighted by Gasteiger charge is -2.29. The minimum Gasteiger partial charge on any atom is -0.306 e. The van der Waals surface area contributed by atoms with Crippen LogP contribution in [-0.2, 0) is 10.0 Å². The minimum absolute atomic E-state index is 0.0371. The number of piperidine rings is 1. The second-order valence-corrected chi connectivity index (χ2v) is 10.8. The smallest absolute Gasteiger partial charge is 0.262 e. The molecule has 5 rings (SSSR count). The molecule has 4 heterocycles. The Kier molecular flexibility index (Phi) is 6.14. The van der Waals surface area contributed by atoms with Crippen LogP contribution in [0.2, 0.25) is 0 Å². The zero-order chi connectivity index (χ0) is 25.4. The van der Waals surface area contributed by atoms with Gasteiger partial charge in [-0.05, 0) is 50.1 Å². The number of aromatic nitrogens is 5. The molecule has 1 aliphatic heterocycles. The molecule has 1 N–H and O–H groups in total. The van der Waals surface area contributed by atoms with Gasteiger partial charge in [0.25, 0.3) is 5.91 Å². The number of anilines is 1. The molecule has 1 saturated heterocycles. The van der Waals surface area contributed by atoms with Gasteiger partial charge in [-0.3, -0.25) is 9.59 Å². The van der Waals surface area contributed by atoms with Gasteiger partial charge in [0.05, 0.1) is 23.8 Å². The number of amides is 1. The summed E-state index contributed by atoms with van der Waals surface area (Å²) in [5.74, 6) is 0.0551. The van der Waals surface area contributed by atoms with E-state index in [1.165, 1.54) is 28.2 Å². The Morgan fingerprint density at radius 3 is 2.50 bits per heavy atom. The van der Waals surface area contributed by atoms with Crippen LogP contribution in [0.4, 0.5) is 5.82 Å². The Morgan fingerprint density at radius 2 is 1.83 bits per heavy atom. The van der Waals surface area contributed by atoms with Crippen molar-refractivity contribution in [1.82, 2.24) is 28.7 Å². The largest absolute Gasteiger partial charge is 0.306 e. The van der Waals surface area contributed by atoms with Crippen molar-refractivity contribution < 1.29 is 18.0 Å². The molecule has 1 fully saturated rings. The Bertz CT molecular complexity index is 1550. The van der Waals surface area contributed by atoms with E-state index in [1.807, 2.05) is 6.07 Å². The summed E-state index contributed by atoms with van der Waals surface area (Å²) in [6, 6.07) is 10.5. The van der Waals surface area contributed by atoms with E-state index in [2.05, 4.69) is 15.4 Å². The summed E-state index contributed by atoms with van der Waals surface area (Å²) >= 11 is 0. The van der Waals surface area contributed by atoms with Crippen LogP contribution in [0.15, 0.2) is 55.0 Å². The Hall–Kier alpha value is -3.90. The van der Waals surface area contributed by atoms with Gasteiger partial charge in [-0.1, -0.05) is 0 Å². The average Bonchev–Trinajstić information content (AvgIpc) is 3.48. The number of fused-ring (bicyclic) bond motifs is 1. The SMILES string of the molecule is CC(=O)c1ccc(-n2nc(C3CCN(S(C)(=O)=O)CC3)cc2NC(=O)c2cnn3cccnc23)cc1. The van der Waals surface area contributed by atoms with Crippen molar-refractivity contribution in [3.8, 4) is 5.69 Å². The van der Waals surface area contributed by atoms with E-state index < -0.39 is 10.0 Å². The van der Waals surface area contributed by atoms with Crippen molar-refractivity contribution in [3.63, 3.8) is 0 Å². The van der Waals surface area contributed by atoms with Crippen molar-refractivity contribution in [2.45, 2.75) is 25.7 Å². The molecule has 0 saturated carbocycles. The number of hydrogen-bond donors (Lipinski definition) is 1. The molecule has 0 spiro atoms. The van der Waals surface area contributed by atoms with Crippen LogP contribution in [0.1, 0.15) is 52.1 Å². The summed E-state index contributed by atoms with van der Waals surface area (Å²) in [7, 11) is -3.24. The molecule has 11 nitrogen and oxygen atoms in total. The highest BCUT2D eigenvalue weighted by molar-refractivity contribution is 7.88. The van der Waals surface area contributed by atoms with Crippen LogP contribution in [0.25, 0.3) is 11.3 Å². The fourth-order valence-electron chi connectivity index (χ4n) is 4.38. The lowest BCUT2D eigenvalue weighted by Crippen LogP contribution is -2.37. The van der Waals surface area contributed by atoms with Gasteiger partial charge in [-0.25, -0.2) is 26.9 Å². The predicted molar refractivity (Wildman–Crippen MR) is 133 cm³/mol. The molecule has 36 heavy (non-hydrogen) atoms. The minimum atomic E-state index is -3.24. The van der Waals surface area contributed by atoms with Gasteiger partial charge in [0.1, 0.15) is 11.4 Å². The lowest BCUT2D eigenvalue weighted by molar-refractivity contribution is 0.101. The second kappa shape index (κ2) is 9.28. The third-order valence-corrected chi connectivity index (χ3v) is 7.66. The predicted octanol–water partition coefficient (Wildman–Crippen LogP) is 2.51. The number of carbonyl (C=O) groups excluding carboxylic acids is 2. The van der Waals surface area contributed by atoms with Gasteiger partial charge in [0, 0.05) is 43.0 Å². The first kappa shape index (κ1) is 23.8. The number of benzene rings is 1. The van der Waals surface area contributed by atoms with Crippen molar-refractivity contribution in [3.05, 3.63) is 71.8 Å². The maximum absolute atomic E-state index is 13.2. The number of sulfonamides is 1. The third-order valence-electron chi connectivity index (χ3n) is 6.35. The van der Waals surface area contributed by atoms with E-state index in [-0.39, 0.29) is 17.6 Å². The molecule has 4 aromatic rings. The van der Waals surface area contributed by atoms with Crippen LogP contribution >= 0.6 is 0 Å². The van der Waals surface area contributed by atoms with E-state index in [0.717, 1.165) is 5.69 Å². The quantitative estimate of drug-likeness (QED) is 0.397. The van der Waals surface area contributed by atoms with Crippen molar-refractivity contribution >= 4 is 33.2 Å². The summed E-state index contributed by atoms with van der Waals surface area (Å²) < 4.78 is 28.4. The molecule has 0 atom stereocenters. The molecular weight excluding hydrogens is 482 g/mol. The van der Waals surface area contributed by atoms with Gasteiger partial charge in [-0.15, -0.1) is 0 Å². The molecule has 1 amide bonds. The normalized spacial score (nSPS) is 15.3. The van der Waals surface area contributed by atoms with E-state index in [0.29, 0.717) is 54.2 Å². The number of nitrogens with one attached hydrogen (secondary N) is 1. The standard InChI is InChI=1S/C24H25N7O4S/c1-16(32)17-4-6-19(7-5-17)31-22(27-24(33)20-15-26-30-11-3-10-25-23(20)30)14-21(28-31)18-8-12-29(13-9-18)36(2,34)35/h3-7,10-11,14-15,18H,8-9,12-13H2,1-2H3,(H,27,33). The average molecular weight is 508 g/mol. The molecular formula is C24H25N7O4S. The first-order valence-corrected chi connectivity index (χ1v) is 13.3. The van der Waals surface area contributed by atoms with Crippen LogP contribution in [0.3, 0.4) is 0 Å². The van der Waals surface area contributed by atoms with Crippen molar-refractivity contribution in [2.24, 2.45) is 0 Å². The van der Waals surface area contributed by atoms with Gasteiger partial charge < -0.3 is 5.32 Å². The Morgan fingerprint density at radius 1 is 1.11 bits per heavy atom. The fraction of sp³-hybridized carbons (Fsp3) is 0.292. The molecule has 1 aliphatic rings. The van der Waals surface area contributed by atoms with Crippen LogP contribution in [0.5, 0.6) is 0 Å². The maximum atomic E-state index is 13.2. The van der Waals surface area contributed by atoms with E-state index in [9.17, 15) is 18.0 Å². The zero-order valence-electron chi connectivity index (χ0n) is 19.8. The summed E-state index contributed by atoms with van der Waals surface area (Å²) in [6.07, 6.45) is 7.23. The van der Waals surface area contributed by atoms with Crippen LogP contribution in [0, 0.1) is 0 Å². The zero-order valence-corrected chi connectivity index (χ0v) is 20.6. The molecule has 186 valence electrons. The molecule has 0 unspecified atom stereocenters. The summed E-state index contributed by atoms with van der Waals surface area (Å²) in [4.78, 5) is 29.2. The highest BCUT2D eigenvalue weighted by Crippen LogP contribution is 2.31. The number of nitrogens with zero attached hydrogens (tertiary/aromatic N) is 6. The topological polar surface area (TPSA) is 132 Å². The van der Waals surface area contributed by atoms with E-state index >= 15 is 0 Å². The van der Waals surface area contributed by atoms with Gasteiger partial charge in [-0.2, -0.15) is 10.2 Å². The third kappa shape index (κ3) is 4.64. The monoisotopic (exact) mass is 507 g/mol. The van der Waals surface area contributed by atoms with E-state index in [1.54, 1.807) is 47.4 Å². The lowest BCUT2D eigenvalue weighted by atomic mass is 9.95. The Balaban J connectivity index is 1.47. The number of Topliss-reactive ketones (excluding diaryl/α,β-unsaturated/α-hetero) is 1. The first-order chi connectivity index (χ1) is 17.2. The fourth-order valence-corrected chi connectivity index (χ4v) is 5.25. The van der Waals surface area contributed by atoms with Crippen LogP contribution < -0.4 is 5.32 Å². The molecule has 12 heteroatoms. The first-order valence-electron chi connectivity index (χ1n) is 11.5.